The van der Waals surface area contributed by atoms with Crippen LogP contribution in [0.3, 0.4) is 0 Å². The summed E-state index contributed by atoms with van der Waals surface area (Å²) >= 11 is 0. The Hall–Kier alpha value is -1.93. The second-order valence-electron chi connectivity index (χ2n) is 2.84. The SMILES string of the molecule is CC=C(C)C(=O)O.O=C(O)C(O)C(O)C(=O)O. The second kappa shape index (κ2) is 8.25. The van der Waals surface area contributed by atoms with Gasteiger partial charge in [-0.3, -0.25) is 0 Å². The minimum absolute atomic E-state index is 0.389. The topological polar surface area (TPSA) is 152 Å². The number of aliphatic hydroxyl groups excluding tert-OH is 2. The van der Waals surface area contributed by atoms with Gasteiger partial charge in [0.1, 0.15) is 0 Å². The van der Waals surface area contributed by atoms with Crippen molar-refractivity contribution < 1.29 is 39.9 Å². The number of allylic oxidation sites excluding steroid dienone is 1. The van der Waals surface area contributed by atoms with Gasteiger partial charge >= 0.3 is 17.9 Å². The Morgan fingerprint density at radius 2 is 1.24 bits per heavy atom. The normalized spacial score (nSPS) is 14.0. The lowest BCUT2D eigenvalue weighted by molar-refractivity contribution is -0.165. The molecule has 17 heavy (non-hydrogen) atoms. The van der Waals surface area contributed by atoms with Crippen molar-refractivity contribution in [2.75, 3.05) is 0 Å². The standard InChI is InChI=1S/C5H8O2.C4H6O6/c1-3-4(2)5(6)7;5-1(3(7)8)2(6)4(9)10/h3H,1-2H3,(H,6,7);1-2,5-6H,(H,7,8)(H,9,10). The van der Waals surface area contributed by atoms with Crippen LogP contribution >= 0.6 is 0 Å². The van der Waals surface area contributed by atoms with Gasteiger partial charge in [0.25, 0.3) is 0 Å². The molecule has 0 heterocycles. The summed E-state index contributed by atoms with van der Waals surface area (Å²) in [7, 11) is 0. The molecule has 0 fully saturated rings. The number of aliphatic carboxylic acids is 3. The lowest BCUT2D eigenvalue weighted by atomic mass is 10.2. The van der Waals surface area contributed by atoms with Crippen LogP contribution in [0.2, 0.25) is 0 Å². The summed E-state index contributed by atoms with van der Waals surface area (Å²) in [6.45, 7) is 3.26. The summed E-state index contributed by atoms with van der Waals surface area (Å²) in [5.74, 6) is -4.38. The average Bonchev–Trinajstić information content (AvgIpc) is 2.26. The first-order valence-electron chi connectivity index (χ1n) is 4.33. The molecule has 8 heteroatoms. The van der Waals surface area contributed by atoms with Crippen LogP contribution in [0.1, 0.15) is 13.8 Å². The Morgan fingerprint density at radius 1 is 0.941 bits per heavy atom. The lowest BCUT2D eigenvalue weighted by Gasteiger charge is -2.07. The van der Waals surface area contributed by atoms with E-state index in [1.54, 1.807) is 19.9 Å². The summed E-state index contributed by atoms with van der Waals surface area (Å²) in [5.41, 5.74) is 0.389. The number of aliphatic hydroxyl groups is 2. The lowest BCUT2D eigenvalue weighted by Crippen LogP contribution is -2.39. The zero-order valence-electron chi connectivity index (χ0n) is 9.19. The van der Waals surface area contributed by atoms with Crippen molar-refractivity contribution in [3.63, 3.8) is 0 Å². The smallest absolute Gasteiger partial charge is 0.335 e. The number of carboxylic acid groups (broad SMARTS) is 3. The highest BCUT2D eigenvalue weighted by molar-refractivity contribution is 5.85. The highest BCUT2D eigenvalue weighted by atomic mass is 16.4. The van der Waals surface area contributed by atoms with Crippen molar-refractivity contribution in [2.24, 2.45) is 0 Å². The van der Waals surface area contributed by atoms with E-state index in [4.69, 9.17) is 25.5 Å². The predicted molar refractivity (Wildman–Crippen MR) is 54.4 cm³/mol. The van der Waals surface area contributed by atoms with E-state index >= 15 is 0 Å². The molecule has 0 aromatic heterocycles. The molecule has 0 aliphatic heterocycles. The van der Waals surface area contributed by atoms with Crippen LogP contribution in [0.4, 0.5) is 0 Å². The third-order valence-electron chi connectivity index (χ3n) is 1.58. The van der Waals surface area contributed by atoms with Crippen molar-refractivity contribution in [3.8, 4) is 0 Å². The first kappa shape index (κ1) is 17.5. The Labute approximate surface area is 96.4 Å². The quantitative estimate of drug-likeness (QED) is 0.395. The maximum Gasteiger partial charge on any atom is 0.335 e. The second-order valence-corrected chi connectivity index (χ2v) is 2.84. The third kappa shape index (κ3) is 7.94. The summed E-state index contributed by atoms with van der Waals surface area (Å²) in [6, 6.07) is 0. The van der Waals surface area contributed by atoms with Crippen LogP contribution in [-0.4, -0.2) is 55.6 Å². The van der Waals surface area contributed by atoms with Gasteiger partial charge in [0, 0.05) is 5.57 Å². The molecule has 98 valence electrons. The monoisotopic (exact) mass is 250 g/mol. The number of hydrogen-bond acceptors (Lipinski definition) is 5. The van der Waals surface area contributed by atoms with Crippen LogP contribution in [0.5, 0.6) is 0 Å². The highest BCUT2D eigenvalue weighted by Gasteiger charge is 2.29. The number of carboxylic acids is 3. The number of rotatable bonds is 4. The molecule has 0 aromatic rings. The van der Waals surface area contributed by atoms with Crippen LogP contribution in [0, 0.1) is 0 Å². The Bertz CT molecular complexity index is 301. The average molecular weight is 250 g/mol. The van der Waals surface area contributed by atoms with Gasteiger partial charge in [-0.1, -0.05) is 6.08 Å². The molecule has 8 nitrogen and oxygen atoms in total. The summed E-state index contributed by atoms with van der Waals surface area (Å²) in [6.07, 6.45) is -2.97. The first-order chi connectivity index (χ1) is 7.64. The Morgan fingerprint density at radius 3 is 1.29 bits per heavy atom. The van der Waals surface area contributed by atoms with Crippen LogP contribution < -0.4 is 0 Å². The van der Waals surface area contributed by atoms with E-state index in [9.17, 15) is 14.4 Å². The van der Waals surface area contributed by atoms with E-state index in [-0.39, 0.29) is 0 Å². The molecule has 0 amide bonds. The highest BCUT2D eigenvalue weighted by Crippen LogP contribution is 1.92. The van der Waals surface area contributed by atoms with Gasteiger partial charge in [-0.05, 0) is 13.8 Å². The maximum absolute atomic E-state index is 9.86. The first-order valence-corrected chi connectivity index (χ1v) is 4.33. The minimum atomic E-state index is -2.27. The molecule has 0 saturated heterocycles. The molecule has 0 bridgehead atoms. The van der Waals surface area contributed by atoms with E-state index in [1.807, 2.05) is 0 Å². The number of carbonyl (C=O) groups is 3. The predicted octanol–water partition coefficient (Wildman–Crippen LogP) is -1.09. The molecule has 0 aliphatic rings. The molecule has 5 N–H and O–H groups in total. The van der Waals surface area contributed by atoms with Crippen molar-refractivity contribution in [2.45, 2.75) is 26.1 Å². The largest absolute Gasteiger partial charge is 0.479 e. The molecule has 0 aliphatic carbocycles. The summed E-state index contributed by atoms with van der Waals surface area (Å²) in [5, 5.41) is 40.6. The molecule has 0 aromatic carbocycles. The molecule has 0 saturated carbocycles. The van der Waals surface area contributed by atoms with Crippen LogP contribution in [0.25, 0.3) is 0 Å². The third-order valence-corrected chi connectivity index (χ3v) is 1.58. The van der Waals surface area contributed by atoms with E-state index in [2.05, 4.69) is 0 Å². The van der Waals surface area contributed by atoms with E-state index < -0.39 is 30.1 Å². The van der Waals surface area contributed by atoms with Crippen molar-refractivity contribution in [1.29, 1.82) is 0 Å². The van der Waals surface area contributed by atoms with Gasteiger partial charge in [0.15, 0.2) is 12.2 Å². The van der Waals surface area contributed by atoms with E-state index in [0.29, 0.717) is 5.57 Å². The van der Waals surface area contributed by atoms with Gasteiger partial charge in [-0.2, -0.15) is 0 Å². The van der Waals surface area contributed by atoms with E-state index in [0.717, 1.165) is 0 Å². The fourth-order valence-electron chi connectivity index (χ4n) is 0.394. The number of hydrogen-bond donors (Lipinski definition) is 5. The summed E-state index contributed by atoms with van der Waals surface area (Å²) < 4.78 is 0. The van der Waals surface area contributed by atoms with Crippen LogP contribution in [-0.2, 0) is 14.4 Å². The molecule has 0 rings (SSSR count). The molecular formula is C9H14O8. The van der Waals surface area contributed by atoms with Crippen molar-refractivity contribution in [3.05, 3.63) is 11.6 Å². The van der Waals surface area contributed by atoms with Gasteiger partial charge < -0.3 is 25.5 Å². The van der Waals surface area contributed by atoms with Crippen molar-refractivity contribution >= 4 is 17.9 Å². The molecule has 0 spiro atoms. The van der Waals surface area contributed by atoms with Gasteiger partial charge in [0.05, 0.1) is 0 Å². The molecule has 2 atom stereocenters. The van der Waals surface area contributed by atoms with Crippen molar-refractivity contribution in [1.82, 2.24) is 0 Å². The Balaban J connectivity index is 0. The fourth-order valence-corrected chi connectivity index (χ4v) is 0.394. The molecular weight excluding hydrogens is 236 g/mol. The van der Waals surface area contributed by atoms with Gasteiger partial charge in [-0.15, -0.1) is 0 Å². The fraction of sp³-hybridized carbons (Fsp3) is 0.444. The molecule has 0 radical (unpaired) electrons. The Kier molecular flexibility index (Phi) is 8.47. The van der Waals surface area contributed by atoms with E-state index in [1.165, 1.54) is 0 Å². The maximum atomic E-state index is 9.86. The van der Waals surface area contributed by atoms with Gasteiger partial charge in [-0.25, -0.2) is 14.4 Å². The minimum Gasteiger partial charge on any atom is -0.479 e. The zero-order valence-corrected chi connectivity index (χ0v) is 9.19. The zero-order chi connectivity index (χ0) is 14.2. The van der Waals surface area contributed by atoms with Crippen LogP contribution in [0.15, 0.2) is 11.6 Å². The molecule has 2 unspecified atom stereocenters. The van der Waals surface area contributed by atoms with Gasteiger partial charge in [0.2, 0.25) is 0 Å². The summed E-state index contributed by atoms with van der Waals surface area (Å²) in [4.78, 5) is 29.4.